The minimum Gasteiger partial charge on any atom is -0.339 e. The highest BCUT2D eigenvalue weighted by molar-refractivity contribution is 7.99. The van der Waals surface area contributed by atoms with Gasteiger partial charge in [-0.15, -0.1) is 0 Å². The number of nitrogens with zero attached hydrogens (tertiary/aromatic N) is 2. The summed E-state index contributed by atoms with van der Waals surface area (Å²) in [6, 6.07) is 4.43. The molecular formula is C15H19ClN2O3S2. The summed E-state index contributed by atoms with van der Waals surface area (Å²) in [4.78, 5) is 14.4. The fourth-order valence-corrected chi connectivity index (χ4v) is 5.66. The zero-order valence-electron chi connectivity index (χ0n) is 12.7. The maximum absolute atomic E-state index is 12.7. The van der Waals surface area contributed by atoms with Crippen molar-refractivity contribution >= 4 is 39.3 Å². The van der Waals surface area contributed by atoms with Gasteiger partial charge >= 0.3 is 0 Å². The van der Waals surface area contributed by atoms with E-state index in [9.17, 15) is 13.2 Å². The Hall–Kier alpha value is -0.760. The van der Waals surface area contributed by atoms with Crippen LogP contribution in [0, 0.1) is 0 Å². The molecule has 126 valence electrons. The third-order valence-corrected chi connectivity index (χ3v) is 7.34. The summed E-state index contributed by atoms with van der Waals surface area (Å²) in [5.41, 5.74) is 0.279. The van der Waals surface area contributed by atoms with Gasteiger partial charge in [-0.2, -0.15) is 16.1 Å². The average Bonchev–Trinajstić information content (AvgIpc) is 3.10. The molecule has 0 bridgehead atoms. The molecule has 1 amide bonds. The molecule has 2 saturated heterocycles. The van der Waals surface area contributed by atoms with E-state index >= 15 is 0 Å². The predicted molar refractivity (Wildman–Crippen MR) is 92.7 cm³/mol. The summed E-state index contributed by atoms with van der Waals surface area (Å²) >= 11 is 7.90. The number of carbonyl (C=O) groups is 1. The Bertz CT molecular complexity index is 697. The molecule has 8 heteroatoms. The minimum atomic E-state index is -3.57. The number of hydrogen-bond donors (Lipinski definition) is 0. The number of likely N-dealkylation sites (tertiary alicyclic amines) is 1. The molecule has 0 radical (unpaired) electrons. The van der Waals surface area contributed by atoms with Gasteiger partial charge in [-0.25, -0.2) is 8.42 Å². The predicted octanol–water partition coefficient (Wildman–Crippen LogP) is 2.31. The van der Waals surface area contributed by atoms with Crippen molar-refractivity contribution < 1.29 is 13.2 Å². The van der Waals surface area contributed by atoms with Gasteiger partial charge in [-0.1, -0.05) is 11.6 Å². The van der Waals surface area contributed by atoms with E-state index < -0.39 is 10.0 Å². The number of amides is 1. The highest BCUT2D eigenvalue weighted by atomic mass is 35.5. The number of benzene rings is 1. The molecule has 0 N–H and O–H groups in total. The lowest BCUT2D eigenvalue weighted by atomic mass is 10.2. The lowest BCUT2D eigenvalue weighted by molar-refractivity contribution is 0.0792. The maximum atomic E-state index is 12.7. The van der Waals surface area contributed by atoms with Gasteiger partial charge < -0.3 is 4.90 Å². The molecule has 2 aliphatic heterocycles. The van der Waals surface area contributed by atoms with Crippen molar-refractivity contribution in [3.8, 4) is 0 Å². The van der Waals surface area contributed by atoms with Crippen LogP contribution < -0.4 is 0 Å². The number of carbonyl (C=O) groups excluding carboxylic acids is 1. The molecule has 0 aliphatic carbocycles. The second kappa shape index (κ2) is 7.01. The molecule has 0 saturated carbocycles. The van der Waals surface area contributed by atoms with Crippen LogP contribution >= 0.6 is 23.4 Å². The summed E-state index contributed by atoms with van der Waals surface area (Å²) < 4.78 is 27.0. The SMILES string of the molecule is O=C(c1cc(S(=O)(=O)N2CCSCC2)ccc1Cl)N1CCCC1. The zero-order chi connectivity index (χ0) is 16.4. The minimum absolute atomic E-state index is 0.149. The van der Waals surface area contributed by atoms with Crippen molar-refractivity contribution in [1.82, 2.24) is 9.21 Å². The third kappa shape index (κ3) is 3.52. The van der Waals surface area contributed by atoms with Gasteiger partial charge in [0.1, 0.15) is 0 Å². The summed E-state index contributed by atoms with van der Waals surface area (Å²) in [7, 11) is -3.57. The lowest BCUT2D eigenvalue weighted by Crippen LogP contribution is -2.38. The summed E-state index contributed by atoms with van der Waals surface area (Å²) in [6.45, 7) is 2.42. The standard InChI is InChI=1S/C15H19ClN2O3S2/c16-14-4-3-12(23(20,21)18-7-9-22-10-8-18)11-13(14)15(19)17-5-1-2-6-17/h3-4,11H,1-2,5-10H2. The normalized spacial score (nSPS) is 20.0. The number of thioether (sulfide) groups is 1. The van der Waals surface area contributed by atoms with Crippen LogP contribution in [-0.4, -0.2) is 61.2 Å². The zero-order valence-corrected chi connectivity index (χ0v) is 15.1. The number of sulfonamides is 1. The molecule has 23 heavy (non-hydrogen) atoms. The molecular weight excluding hydrogens is 356 g/mol. The third-order valence-electron chi connectivity index (χ3n) is 4.17. The topological polar surface area (TPSA) is 57.7 Å². The van der Waals surface area contributed by atoms with E-state index in [0.717, 1.165) is 24.3 Å². The van der Waals surface area contributed by atoms with Crippen LogP contribution in [0.4, 0.5) is 0 Å². The molecule has 5 nitrogen and oxygen atoms in total. The fourth-order valence-electron chi connectivity index (χ4n) is 2.86. The molecule has 2 fully saturated rings. The Morgan fingerprint density at radius 3 is 2.39 bits per heavy atom. The molecule has 1 aromatic carbocycles. The van der Waals surface area contributed by atoms with Gasteiger partial charge in [0.15, 0.2) is 0 Å². The Kier molecular flexibility index (Phi) is 5.20. The van der Waals surface area contributed by atoms with Gasteiger partial charge in [0.05, 0.1) is 15.5 Å². The van der Waals surface area contributed by atoms with Crippen LogP contribution in [0.1, 0.15) is 23.2 Å². The smallest absolute Gasteiger partial charge is 0.255 e. The summed E-state index contributed by atoms with van der Waals surface area (Å²) in [5, 5.41) is 0.301. The van der Waals surface area contributed by atoms with Gasteiger partial charge in [-0.05, 0) is 31.0 Å². The van der Waals surface area contributed by atoms with Crippen LogP contribution in [0.15, 0.2) is 23.1 Å². The van der Waals surface area contributed by atoms with Crippen molar-refractivity contribution in [3.63, 3.8) is 0 Å². The second-order valence-electron chi connectivity index (χ2n) is 5.66. The lowest BCUT2D eigenvalue weighted by Gasteiger charge is -2.26. The van der Waals surface area contributed by atoms with E-state index in [2.05, 4.69) is 0 Å². The summed E-state index contributed by atoms with van der Waals surface area (Å²) in [5.74, 6) is 1.41. The van der Waals surface area contributed by atoms with Gasteiger partial charge in [0.2, 0.25) is 10.0 Å². The van der Waals surface area contributed by atoms with E-state index in [0.29, 0.717) is 31.2 Å². The number of hydrogen-bond acceptors (Lipinski definition) is 4. The fraction of sp³-hybridized carbons (Fsp3) is 0.533. The van der Waals surface area contributed by atoms with Crippen LogP contribution in [0.5, 0.6) is 0 Å². The Morgan fingerprint density at radius 1 is 1.09 bits per heavy atom. The van der Waals surface area contributed by atoms with Gasteiger partial charge in [-0.3, -0.25) is 4.79 Å². The van der Waals surface area contributed by atoms with Crippen LogP contribution in [0.25, 0.3) is 0 Å². The second-order valence-corrected chi connectivity index (χ2v) is 9.23. The average molecular weight is 375 g/mol. The van der Waals surface area contributed by atoms with Crippen LogP contribution in [0.3, 0.4) is 0 Å². The Balaban J connectivity index is 1.91. The molecule has 1 aromatic rings. The van der Waals surface area contributed by atoms with Crippen molar-refractivity contribution in [2.75, 3.05) is 37.7 Å². The van der Waals surface area contributed by atoms with E-state index in [1.807, 2.05) is 0 Å². The van der Waals surface area contributed by atoms with E-state index in [4.69, 9.17) is 11.6 Å². The molecule has 0 aromatic heterocycles. The molecule has 0 spiro atoms. The quantitative estimate of drug-likeness (QED) is 0.814. The van der Waals surface area contributed by atoms with E-state index in [1.165, 1.54) is 22.5 Å². The van der Waals surface area contributed by atoms with Gasteiger partial charge in [0, 0.05) is 37.7 Å². The highest BCUT2D eigenvalue weighted by Crippen LogP contribution is 2.26. The number of halogens is 1. The van der Waals surface area contributed by atoms with E-state index in [1.54, 1.807) is 16.7 Å². The maximum Gasteiger partial charge on any atom is 0.255 e. The molecule has 0 atom stereocenters. The molecule has 2 heterocycles. The van der Waals surface area contributed by atoms with E-state index in [-0.39, 0.29) is 16.4 Å². The monoisotopic (exact) mass is 374 g/mol. The van der Waals surface area contributed by atoms with Crippen LogP contribution in [-0.2, 0) is 10.0 Å². The largest absolute Gasteiger partial charge is 0.339 e. The molecule has 0 unspecified atom stereocenters. The summed E-state index contributed by atoms with van der Waals surface area (Å²) in [6.07, 6.45) is 1.96. The Labute approximate surface area is 146 Å². The first-order valence-electron chi connectivity index (χ1n) is 7.67. The molecule has 2 aliphatic rings. The van der Waals surface area contributed by atoms with Crippen molar-refractivity contribution in [2.45, 2.75) is 17.7 Å². The van der Waals surface area contributed by atoms with Crippen LogP contribution in [0.2, 0.25) is 5.02 Å². The first kappa shape index (κ1) is 17.1. The van der Waals surface area contributed by atoms with Crippen molar-refractivity contribution in [2.24, 2.45) is 0 Å². The van der Waals surface area contributed by atoms with Crippen molar-refractivity contribution in [1.29, 1.82) is 0 Å². The first-order chi connectivity index (χ1) is 11.0. The Morgan fingerprint density at radius 2 is 1.74 bits per heavy atom. The van der Waals surface area contributed by atoms with Gasteiger partial charge in [0.25, 0.3) is 5.91 Å². The highest BCUT2D eigenvalue weighted by Gasteiger charge is 2.28. The molecule has 3 rings (SSSR count). The van der Waals surface area contributed by atoms with Crippen molar-refractivity contribution in [3.05, 3.63) is 28.8 Å². The number of rotatable bonds is 3. The first-order valence-corrected chi connectivity index (χ1v) is 10.6.